The van der Waals surface area contributed by atoms with Crippen molar-refractivity contribution in [1.82, 2.24) is 4.57 Å². The number of carbonyl (C=O) groups is 1. The van der Waals surface area contributed by atoms with Gasteiger partial charge in [-0.25, -0.2) is 4.79 Å². The van der Waals surface area contributed by atoms with Crippen LogP contribution in [0.4, 0.5) is 5.82 Å². The molecule has 2 aromatic heterocycles. The number of ether oxygens (including phenoxy) is 1. The zero-order valence-electron chi connectivity index (χ0n) is 14.2. The molecule has 0 aliphatic heterocycles. The number of nitriles is 1. The van der Waals surface area contributed by atoms with Gasteiger partial charge in [0.1, 0.15) is 22.5 Å². The summed E-state index contributed by atoms with van der Waals surface area (Å²) in [6.07, 6.45) is 3.84. The molecule has 2 N–H and O–H groups in total. The molecule has 0 saturated carbocycles. The normalized spacial score (nSPS) is 13.2. The number of thiophene rings is 1. The topological polar surface area (TPSA) is 98.1 Å². The van der Waals surface area contributed by atoms with Crippen molar-refractivity contribution in [3.8, 4) is 11.1 Å². The molecule has 0 amide bonds. The lowest BCUT2D eigenvalue weighted by molar-refractivity contribution is 0.0526. The highest BCUT2D eigenvalue weighted by Gasteiger charge is 2.26. The van der Waals surface area contributed by atoms with E-state index in [-0.39, 0.29) is 23.5 Å². The molecule has 7 heteroatoms. The van der Waals surface area contributed by atoms with Crippen LogP contribution >= 0.6 is 11.3 Å². The standard InChI is InChI=1S/C18H19N3O3S/c1-3-24-18(23)15-10(2)8-14(22)21(16(15)20)17-12(9-19)11-6-4-5-7-13(11)25-17/h8H,3-7,20H2,1-2H3. The van der Waals surface area contributed by atoms with Gasteiger partial charge in [0.15, 0.2) is 0 Å². The number of aromatic nitrogens is 1. The number of hydrogen-bond donors (Lipinski definition) is 1. The molecule has 3 rings (SSSR count). The van der Waals surface area contributed by atoms with Crippen LogP contribution in [0.3, 0.4) is 0 Å². The molecule has 0 radical (unpaired) electrons. The average molecular weight is 357 g/mol. The smallest absolute Gasteiger partial charge is 0.342 e. The monoisotopic (exact) mass is 357 g/mol. The third-order valence-electron chi connectivity index (χ3n) is 4.40. The van der Waals surface area contributed by atoms with Crippen LogP contribution < -0.4 is 11.3 Å². The summed E-state index contributed by atoms with van der Waals surface area (Å²) in [5, 5.41) is 10.1. The maximum atomic E-state index is 12.6. The summed E-state index contributed by atoms with van der Waals surface area (Å²) in [7, 11) is 0. The summed E-state index contributed by atoms with van der Waals surface area (Å²) in [6, 6.07) is 3.59. The third-order valence-corrected chi connectivity index (χ3v) is 5.68. The largest absolute Gasteiger partial charge is 0.462 e. The summed E-state index contributed by atoms with van der Waals surface area (Å²) in [6.45, 7) is 3.58. The van der Waals surface area contributed by atoms with Crippen LogP contribution in [0.5, 0.6) is 0 Å². The van der Waals surface area contributed by atoms with Crippen LogP contribution in [0.1, 0.15) is 51.7 Å². The summed E-state index contributed by atoms with van der Waals surface area (Å²) < 4.78 is 6.34. The van der Waals surface area contributed by atoms with E-state index in [0.717, 1.165) is 36.1 Å². The lowest BCUT2D eigenvalue weighted by Crippen LogP contribution is -2.25. The zero-order valence-corrected chi connectivity index (χ0v) is 15.0. The first-order valence-corrected chi connectivity index (χ1v) is 9.05. The van der Waals surface area contributed by atoms with E-state index in [1.165, 1.54) is 22.0 Å². The molecule has 130 valence electrons. The van der Waals surface area contributed by atoms with Gasteiger partial charge >= 0.3 is 5.97 Å². The Kier molecular flexibility index (Phi) is 4.64. The second-order valence-corrected chi connectivity index (χ2v) is 7.07. The van der Waals surface area contributed by atoms with Crippen molar-refractivity contribution in [1.29, 1.82) is 5.26 Å². The molecule has 0 bridgehead atoms. The first-order valence-electron chi connectivity index (χ1n) is 8.23. The van der Waals surface area contributed by atoms with E-state index in [1.54, 1.807) is 13.8 Å². The molecule has 0 spiro atoms. The average Bonchev–Trinajstić information content (AvgIpc) is 2.92. The number of rotatable bonds is 3. The molecule has 2 heterocycles. The lowest BCUT2D eigenvalue weighted by atomic mass is 9.96. The first kappa shape index (κ1) is 17.2. The molecule has 0 fully saturated rings. The van der Waals surface area contributed by atoms with Crippen LogP contribution in [0.25, 0.3) is 5.00 Å². The van der Waals surface area contributed by atoms with E-state index in [4.69, 9.17) is 10.5 Å². The van der Waals surface area contributed by atoms with Gasteiger partial charge in [0.2, 0.25) is 0 Å². The number of nitrogens with zero attached hydrogens (tertiary/aromatic N) is 2. The van der Waals surface area contributed by atoms with Crippen molar-refractivity contribution >= 4 is 23.1 Å². The van der Waals surface area contributed by atoms with E-state index in [2.05, 4.69) is 6.07 Å². The number of pyridine rings is 1. The van der Waals surface area contributed by atoms with Crippen molar-refractivity contribution in [3.63, 3.8) is 0 Å². The Morgan fingerprint density at radius 2 is 2.16 bits per heavy atom. The molecule has 1 aliphatic carbocycles. The number of fused-ring (bicyclic) bond motifs is 1. The van der Waals surface area contributed by atoms with Gasteiger partial charge in [-0.3, -0.25) is 9.36 Å². The fourth-order valence-electron chi connectivity index (χ4n) is 3.26. The molecule has 1 aliphatic rings. The Balaban J connectivity index is 2.27. The molecule has 0 atom stereocenters. The van der Waals surface area contributed by atoms with Crippen molar-refractivity contribution in [3.05, 3.63) is 43.6 Å². The predicted molar refractivity (Wildman–Crippen MR) is 96.4 cm³/mol. The van der Waals surface area contributed by atoms with Crippen molar-refractivity contribution in [2.24, 2.45) is 0 Å². The quantitative estimate of drug-likeness (QED) is 0.852. The number of carbonyl (C=O) groups excluding carboxylic acids is 1. The Morgan fingerprint density at radius 1 is 1.44 bits per heavy atom. The van der Waals surface area contributed by atoms with Gasteiger partial charge in [-0.15, -0.1) is 11.3 Å². The number of nitrogen functional groups attached to an aromatic ring is 1. The van der Waals surface area contributed by atoms with Crippen molar-refractivity contribution in [2.75, 3.05) is 12.3 Å². The highest BCUT2D eigenvalue weighted by atomic mass is 32.1. The minimum Gasteiger partial charge on any atom is -0.462 e. The molecule has 2 aromatic rings. The maximum Gasteiger partial charge on any atom is 0.342 e. The lowest BCUT2D eigenvalue weighted by Gasteiger charge is -2.14. The summed E-state index contributed by atoms with van der Waals surface area (Å²) in [5.74, 6) is -0.537. The van der Waals surface area contributed by atoms with Crippen LogP contribution in [0, 0.1) is 18.3 Å². The maximum absolute atomic E-state index is 12.6. The number of aryl methyl sites for hydroxylation is 2. The Bertz CT molecular complexity index is 950. The molecule has 0 unspecified atom stereocenters. The minimum absolute atomic E-state index is 0.0264. The molecule has 6 nitrogen and oxygen atoms in total. The zero-order chi connectivity index (χ0) is 18.1. The number of nitrogens with two attached hydrogens (primary N) is 1. The molecular weight excluding hydrogens is 338 g/mol. The van der Waals surface area contributed by atoms with Gasteiger partial charge < -0.3 is 10.5 Å². The van der Waals surface area contributed by atoms with E-state index in [1.807, 2.05) is 0 Å². The van der Waals surface area contributed by atoms with E-state index in [9.17, 15) is 14.9 Å². The van der Waals surface area contributed by atoms with Gasteiger partial charge in [-0.2, -0.15) is 5.26 Å². The van der Waals surface area contributed by atoms with Gasteiger partial charge in [0, 0.05) is 10.9 Å². The Labute approximate surface area is 149 Å². The summed E-state index contributed by atoms with van der Waals surface area (Å²) >= 11 is 1.42. The Hall–Kier alpha value is -2.59. The fraction of sp³-hybridized carbons (Fsp3) is 0.389. The van der Waals surface area contributed by atoms with Crippen LogP contribution in [-0.2, 0) is 17.6 Å². The highest BCUT2D eigenvalue weighted by molar-refractivity contribution is 7.15. The summed E-state index contributed by atoms with van der Waals surface area (Å²) in [4.78, 5) is 26.0. The molecule has 25 heavy (non-hydrogen) atoms. The Morgan fingerprint density at radius 3 is 2.84 bits per heavy atom. The van der Waals surface area contributed by atoms with Crippen molar-refractivity contribution < 1.29 is 9.53 Å². The van der Waals surface area contributed by atoms with Gasteiger partial charge in [-0.1, -0.05) is 0 Å². The molecule has 0 saturated heterocycles. The summed E-state index contributed by atoms with van der Waals surface area (Å²) in [5.41, 5.74) is 7.99. The van der Waals surface area contributed by atoms with E-state index in [0.29, 0.717) is 16.1 Å². The van der Waals surface area contributed by atoms with Gasteiger partial charge in [0.25, 0.3) is 5.56 Å². The van der Waals surface area contributed by atoms with Crippen LogP contribution in [0.15, 0.2) is 10.9 Å². The SMILES string of the molecule is CCOC(=O)c1c(C)cc(=O)n(-c2sc3c(c2C#N)CCCC3)c1N. The predicted octanol–water partition coefficient (Wildman–Crippen LogP) is 2.72. The number of anilines is 1. The highest BCUT2D eigenvalue weighted by Crippen LogP contribution is 2.37. The molecular formula is C18H19N3O3S. The van der Waals surface area contributed by atoms with Crippen LogP contribution in [0.2, 0.25) is 0 Å². The first-order chi connectivity index (χ1) is 12.0. The number of hydrogen-bond acceptors (Lipinski definition) is 6. The second kappa shape index (κ2) is 6.73. The van der Waals surface area contributed by atoms with Crippen molar-refractivity contribution in [2.45, 2.75) is 39.5 Å². The van der Waals surface area contributed by atoms with Gasteiger partial charge in [-0.05, 0) is 50.7 Å². The molecule has 0 aromatic carbocycles. The van der Waals surface area contributed by atoms with Gasteiger partial charge in [0.05, 0.1) is 12.2 Å². The minimum atomic E-state index is -0.564. The third kappa shape index (κ3) is 2.83. The number of esters is 1. The fourth-order valence-corrected chi connectivity index (χ4v) is 4.61. The van der Waals surface area contributed by atoms with Crippen LogP contribution in [-0.4, -0.2) is 17.1 Å². The van der Waals surface area contributed by atoms with E-state index < -0.39 is 5.97 Å². The second-order valence-electron chi connectivity index (χ2n) is 5.98. The van der Waals surface area contributed by atoms with E-state index >= 15 is 0 Å².